The molecule has 1 aromatic carbocycles. The quantitative estimate of drug-likeness (QED) is 0.699. The molecule has 1 aromatic rings. The van der Waals surface area contributed by atoms with Gasteiger partial charge in [0.15, 0.2) is 0 Å². The summed E-state index contributed by atoms with van der Waals surface area (Å²) in [5.74, 6) is -1.84. The molecule has 4 N–H and O–H groups in total. The Morgan fingerprint density at radius 1 is 1.33 bits per heavy atom. The predicted octanol–water partition coefficient (Wildman–Crippen LogP) is 1.23. The molecule has 1 atom stereocenters. The molecule has 0 saturated carbocycles. The maximum Gasteiger partial charge on any atom is 0.303 e. The maximum absolute atomic E-state index is 11.9. The van der Waals surface area contributed by atoms with E-state index in [9.17, 15) is 14.4 Å². The van der Waals surface area contributed by atoms with E-state index >= 15 is 0 Å². The van der Waals surface area contributed by atoms with Crippen LogP contribution in [0.2, 0.25) is 0 Å². The number of hydrogen-bond donors (Lipinski definition) is 3. The molecule has 0 aliphatic rings. The van der Waals surface area contributed by atoms with E-state index in [2.05, 4.69) is 5.32 Å². The number of carbonyl (C=O) groups is 3. The molecule has 0 radical (unpaired) electrons. The van der Waals surface area contributed by atoms with Crippen LogP contribution >= 0.6 is 0 Å². The molecule has 0 heterocycles. The van der Waals surface area contributed by atoms with Crippen molar-refractivity contribution in [2.75, 3.05) is 12.4 Å². The third-order valence-corrected chi connectivity index (χ3v) is 2.82. The first-order valence-corrected chi connectivity index (χ1v) is 6.33. The van der Waals surface area contributed by atoms with Crippen molar-refractivity contribution in [2.45, 2.75) is 19.8 Å². The van der Waals surface area contributed by atoms with Crippen molar-refractivity contribution < 1.29 is 24.2 Å². The Hall–Kier alpha value is -2.57. The van der Waals surface area contributed by atoms with Crippen molar-refractivity contribution in [3.63, 3.8) is 0 Å². The third-order valence-electron chi connectivity index (χ3n) is 2.82. The molecule has 1 unspecified atom stereocenters. The summed E-state index contributed by atoms with van der Waals surface area (Å²) < 4.78 is 5.09. The second-order valence-corrected chi connectivity index (χ2v) is 4.73. The zero-order chi connectivity index (χ0) is 16.0. The zero-order valence-electron chi connectivity index (χ0n) is 11.9. The first-order chi connectivity index (χ1) is 9.83. The molecule has 0 aromatic heterocycles. The summed E-state index contributed by atoms with van der Waals surface area (Å²) in [6.45, 7) is 1.67. The molecule has 7 heteroatoms. The van der Waals surface area contributed by atoms with Crippen molar-refractivity contribution in [3.05, 3.63) is 23.8 Å². The second-order valence-electron chi connectivity index (χ2n) is 4.73. The molecule has 0 saturated heterocycles. The summed E-state index contributed by atoms with van der Waals surface area (Å²) in [5, 5.41) is 11.3. The first-order valence-electron chi connectivity index (χ1n) is 6.33. The van der Waals surface area contributed by atoms with Crippen molar-refractivity contribution in [1.29, 1.82) is 0 Å². The number of hydrogen-bond acceptors (Lipinski definition) is 4. The fourth-order valence-electron chi connectivity index (χ4n) is 1.85. The topological polar surface area (TPSA) is 119 Å². The minimum atomic E-state index is -0.955. The van der Waals surface area contributed by atoms with E-state index in [0.29, 0.717) is 11.4 Å². The van der Waals surface area contributed by atoms with E-state index in [1.54, 1.807) is 6.92 Å². The molecule has 1 rings (SSSR count). The molecule has 21 heavy (non-hydrogen) atoms. The highest BCUT2D eigenvalue weighted by Crippen LogP contribution is 2.26. The molecular formula is C14H18N2O5. The van der Waals surface area contributed by atoms with Gasteiger partial charge in [0.2, 0.25) is 11.8 Å². The number of nitrogens with one attached hydrogen (secondary N) is 1. The van der Waals surface area contributed by atoms with Crippen molar-refractivity contribution in [1.82, 2.24) is 0 Å². The highest BCUT2D eigenvalue weighted by molar-refractivity contribution is 5.97. The Kier molecular flexibility index (Phi) is 5.71. The molecule has 114 valence electrons. The van der Waals surface area contributed by atoms with Gasteiger partial charge in [-0.05, 0) is 24.1 Å². The van der Waals surface area contributed by atoms with Crippen LogP contribution in [0.15, 0.2) is 18.2 Å². The van der Waals surface area contributed by atoms with E-state index in [1.165, 1.54) is 25.3 Å². The fraction of sp³-hybridized carbons (Fsp3) is 0.357. The Bertz CT molecular complexity index is 556. The van der Waals surface area contributed by atoms with Crippen LogP contribution in [-0.2, 0) is 9.59 Å². The molecule has 0 spiro atoms. The number of carbonyl (C=O) groups excluding carboxylic acids is 2. The Labute approximate surface area is 122 Å². The van der Waals surface area contributed by atoms with E-state index < -0.39 is 11.9 Å². The van der Waals surface area contributed by atoms with Gasteiger partial charge in [0.1, 0.15) is 5.75 Å². The van der Waals surface area contributed by atoms with Gasteiger partial charge in [-0.2, -0.15) is 0 Å². The highest BCUT2D eigenvalue weighted by atomic mass is 16.5. The summed E-state index contributed by atoms with van der Waals surface area (Å²) >= 11 is 0. The highest BCUT2D eigenvalue weighted by Gasteiger charge is 2.15. The van der Waals surface area contributed by atoms with Gasteiger partial charge in [-0.25, -0.2) is 0 Å². The average molecular weight is 294 g/mol. The van der Waals surface area contributed by atoms with Crippen LogP contribution in [0.25, 0.3) is 0 Å². The third kappa shape index (κ3) is 5.13. The van der Waals surface area contributed by atoms with E-state index in [0.717, 1.165) is 0 Å². The largest absolute Gasteiger partial charge is 0.495 e. The number of ether oxygens (including phenoxy) is 1. The summed E-state index contributed by atoms with van der Waals surface area (Å²) in [6.07, 6.45) is -0.0395. The summed E-state index contributed by atoms with van der Waals surface area (Å²) in [5.41, 5.74) is 5.74. The molecule has 0 aliphatic carbocycles. The number of carboxylic acids is 1. The van der Waals surface area contributed by atoms with Crippen LogP contribution in [0.3, 0.4) is 0 Å². The molecule has 0 aliphatic heterocycles. The zero-order valence-corrected chi connectivity index (χ0v) is 11.9. The molecule has 0 bridgehead atoms. The minimum absolute atomic E-state index is 0.0518. The number of rotatable bonds is 7. The van der Waals surface area contributed by atoms with Gasteiger partial charge in [-0.15, -0.1) is 0 Å². The predicted molar refractivity (Wildman–Crippen MR) is 76.2 cm³/mol. The van der Waals surface area contributed by atoms with Gasteiger partial charge in [-0.3, -0.25) is 14.4 Å². The number of anilines is 1. The van der Waals surface area contributed by atoms with Crippen LogP contribution < -0.4 is 15.8 Å². The van der Waals surface area contributed by atoms with Crippen molar-refractivity contribution in [2.24, 2.45) is 11.7 Å². The van der Waals surface area contributed by atoms with Gasteiger partial charge in [0.05, 0.1) is 12.8 Å². The summed E-state index contributed by atoms with van der Waals surface area (Å²) in [7, 11) is 1.43. The van der Waals surface area contributed by atoms with Crippen molar-refractivity contribution in [3.8, 4) is 5.75 Å². The lowest BCUT2D eigenvalue weighted by Gasteiger charge is -2.13. The number of carboxylic acid groups (broad SMARTS) is 1. The Balaban J connectivity index is 2.80. The number of benzene rings is 1. The first kappa shape index (κ1) is 16.5. The molecular weight excluding hydrogens is 276 g/mol. The smallest absolute Gasteiger partial charge is 0.303 e. The number of nitrogens with two attached hydrogens (primary N) is 1. The Morgan fingerprint density at radius 3 is 2.52 bits per heavy atom. The van der Waals surface area contributed by atoms with Gasteiger partial charge < -0.3 is 20.9 Å². The lowest BCUT2D eigenvalue weighted by atomic mass is 10.0. The fourth-order valence-corrected chi connectivity index (χ4v) is 1.85. The van der Waals surface area contributed by atoms with Crippen LogP contribution in [0.5, 0.6) is 5.75 Å². The lowest BCUT2D eigenvalue weighted by molar-refractivity contribution is -0.138. The minimum Gasteiger partial charge on any atom is -0.495 e. The molecule has 2 amide bonds. The molecule has 0 fully saturated rings. The van der Waals surface area contributed by atoms with E-state index in [-0.39, 0.29) is 30.2 Å². The molecule has 7 nitrogen and oxygen atoms in total. The SMILES string of the molecule is COc1ccc(C(N)=O)cc1NC(=O)CC(C)CC(=O)O. The number of amides is 2. The van der Waals surface area contributed by atoms with Gasteiger partial charge in [0.25, 0.3) is 0 Å². The van der Waals surface area contributed by atoms with Crippen molar-refractivity contribution >= 4 is 23.5 Å². The lowest BCUT2D eigenvalue weighted by Crippen LogP contribution is -2.18. The van der Waals surface area contributed by atoms with Crippen LogP contribution in [0, 0.1) is 5.92 Å². The average Bonchev–Trinajstić information content (AvgIpc) is 2.37. The van der Waals surface area contributed by atoms with E-state index in [4.69, 9.17) is 15.6 Å². The summed E-state index contributed by atoms with van der Waals surface area (Å²) in [6, 6.07) is 4.43. The Morgan fingerprint density at radius 2 is 2.00 bits per heavy atom. The van der Waals surface area contributed by atoms with Crippen LogP contribution in [-0.4, -0.2) is 30.0 Å². The van der Waals surface area contributed by atoms with Gasteiger partial charge in [0, 0.05) is 18.4 Å². The van der Waals surface area contributed by atoms with E-state index in [1.807, 2.05) is 0 Å². The number of primary amides is 1. The maximum atomic E-state index is 11.9. The van der Waals surface area contributed by atoms with Crippen LogP contribution in [0.1, 0.15) is 30.1 Å². The van der Waals surface area contributed by atoms with Crippen LogP contribution in [0.4, 0.5) is 5.69 Å². The monoisotopic (exact) mass is 294 g/mol. The number of aliphatic carboxylic acids is 1. The second kappa shape index (κ2) is 7.28. The van der Waals surface area contributed by atoms with Gasteiger partial charge in [-0.1, -0.05) is 6.92 Å². The standard InChI is InChI=1S/C14H18N2O5/c1-8(6-13(18)19)5-12(17)16-10-7-9(14(15)20)3-4-11(10)21-2/h3-4,7-8H,5-6H2,1-2H3,(H2,15,20)(H,16,17)(H,18,19). The normalized spacial score (nSPS) is 11.5. The van der Waals surface area contributed by atoms with Gasteiger partial charge >= 0.3 is 5.97 Å². The number of methoxy groups -OCH3 is 1. The summed E-state index contributed by atoms with van der Waals surface area (Å²) in [4.78, 5) is 33.6.